The molecule has 4 heavy (non-hydrogen) atoms. The molecular weight excluding hydrogens is 64.6 g/mol. The van der Waals surface area contributed by atoms with Gasteiger partial charge in [-0.2, -0.15) is 9.01 Å². The zero-order valence-electron chi connectivity index (χ0n) is 7.52. The molecule has 0 amide bonds. The molecule has 0 nitrogen and oxygen atoms in total. The van der Waals surface area contributed by atoms with Gasteiger partial charge < -0.3 is 0 Å². The average Bonchev–Trinajstić information content (AvgIpc) is 1.62. The molecule has 0 aromatic heterocycles. The van der Waals surface area contributed by atoms with Crippen molar-refractivity contribution in [3.05, 3.63) is 0 Å². The molecule has 0 saturated carbocycles. The molecule has 0 N–H and O–H groups in total. The average molecular weight is 79.7 g/mol. The van der Waals surface area contributed by atoms with Crippen molar-refractivity contribution in [2.75, 3.05) is 0 Å². The molecule has 0 rings (SSSR count). The third-order valence-corrected chi connectivity index (χ3v) is 0.387. The number of hydrogen-bond acceptors (Lipinski definition) is 0. The molecule has 0 aromatic rings. The monoisotopic (exact) mass is 80.1 g/mol. The van der Waals surface area contributed by atoms with Crippen molar-refractivity contribution in [3.63, 3.8) is 0 Å². The molecule has 1 unspecified atom stereocenters. The van der Waals surface area contributed by atoms with Crippen LogP contribution in [0.2, 0.25) is 6.17 Å². The first-order valence-corrected chi connectivity index (χ1v) is 1.56. The summed E-state index contributed by atoms with van der Waals surface area (Å²) in [7, 11) is -0.733. The van der Waals surface area contributed by atoms with Crippen LogP contribution in [0.25, 0.3) is 0 Å². The lowest BCUT2D eigenvalue weighted by Gasteiger charge is -1.62. The van der Waals surface area contributed by atoms with E-state index in [2.05, 4.69) is 0 Å². The summed E-state index contributed by atoms with van der Waals surface area (Å²) in [6.45, 7) is -1.20. The summed E-state index contributed by atoms with van der Waals surface area (Å²) in [5, 5.41) is 0. The fourth-order valence-electron chi connectivity index (χ4n) is 0. The van der Waals surface area contributed by atoms with Gasteiger partial charge in [0.2, 0.25) is 0 Å². The lowest BCUT2D eigenvalue weighted by atomic mass is 9.86. The van der Waals surface area contributed by atoms with E-state index in [0.29, 0.717) is 0 Å². The smallest absolute Gasteiger partial charge is 0.137 e. The molecule has 0 aliphatic heterocycles. The van der Waals surface area contributed by atoms with Crippen LogP contribution in [-0.2, 0) is 0 Å². The highest BCUT2D eigenvalue weighted by molar-refractivity contribution is 7.56. The molecule has 3 heteroatoms. The van der Waals surface area contributed by atoms with Crippen molar-refractivity contribution in [2.24, 2.45) is 0 Å². The molecule has 0 spiro atoms. The summed E-state index contributed by atoms with van der Waals surface area (Å²) in [4.78, 5) is 0. The van der Waals surface area contributed by atoms with E-state index >= 15 is 0 Å². The van der Waals surface area contributed by atoms with Crippen LogP contribution in [0.3, 0.4) is 0 Å². The van der Waals surface area contributed by atoms with Gasteiger partial charge in [0, 0.05) is 5.30 Å². The molecule has 0 fully saturated rings. The summed E-state index contributed by atoms with van der Waals surface area (Å²) in [5.41, 5.74) is 0. The second-order valence-corrected chi connectivity index (χ2v) is 0.676. The van der Waals surface area contributed by atoms with Gasteiger partial charge in [-0.1, -0.05) is 0 Å². The first-order valence-electron chi connectivity index (χ1n) is 3.52. The van der Waals surface area contributed by atoms with E-state index in [4.69, 9.17) is 6.63 Å². The Labute approximate surface area is 37.9 Å². The summed E-state index contributed by atoms with van der Waals surface area (Å²) >= 11 is 0. The first-order chi connectivity index (χ1) is 3.85. The standard InChI is InChI=1S/CH7B2P/c2-1-3-4/h3H,1-2,4H2/i1T2,3D,4TD. The molecule has 22 valence electrons. The van der Waals surface area contributed by atoms with Gasteiger partial charge in [0.05, 0.1) is 7.85 Å². The van der Waals surface area contributed by atoms with Gasteiger partial charge in [-0.15, -0.1) is 6.17 Å². The first kappa shape index (κ1) is 0.789. The molecule has 0 radical (unpaired) electrons. The van der Waals surface area contributed by atoms with Crippen molar-refractivity contribution in [2.45, 2.75) is 6.17 Å². The highest BCUT2D eigenvalue weighted by Gasteiger charge is 1.63. The van der Waals surface area contributed by atoms with Crippen LogP contribution in [0.5, 0.6) is 0 Å². The van der Waals surface area contributed by atoms with E-state index in [1.54, 1.807) is 0 Å². The van der Waals surface area contributed by atoms with Crippen LogP contribution in [0.15, 0.2) is 0 Å². The van der Waals surface area contributed by atoms with E-state index in [0.717, 1.165) is 0 Å². The third-order valence-electron chi connectivity index (χ3n) is 0.129. The molecule has 1 atom stereocenters. The Morgan fingerprint density at radius 1 is 3.50 bits per heavy atom. The largest absolute Gasteiger partial charge is 0.175 e. The van der Waals surface area contributed by atoms with Crippen molar-refractivity contribution in [3.8, 4) is 0 Å². The summed E-state index contributed by atoms with van der Waals surface area (Å²) in [6, 6.07) is 0. The van der Waals surface area contributed by atoms with E-state index in [1.807, 2.05) is 0 Å². The van der Waals surface area contributed by atoms with Gasteiger partial charge in [-0.05, 0) is 1.34 Å². The molecule has 0 saturated heterocycles. The van der Waals surface area contributed by atoms with E-state index in [-0.39, 0.29) is 0 Å². The molecule has 0 aliphatic carbocycles. The number of hydrogen-bond donors (Lipinski definition) is 0. The van der Waals surface area contributed by atoms with Gasteiger partial charge in [0.25, 0.3) is 0 Å². The molecule has 0 heterocycles. The normalized spacial score (nSPS) is 35.5. The maximum atomic E-state index is 6.96. The second-order valence-electron chi connectivity index (χ2n) is 0.418. The Hall–Kier alpha value is 0.560. The van der Waals surface area contributed by atoms with Crippen LogP contribution in [-0.4, -0.2) is 18.7 Å². The minimum Gasteiger partial charge on any atom is -0.175 e. The lowest BCUT2D eigenvalue weighted by molar-refractivity contribution is 2.13. The molecule has 0 aliphatic rings. The Morgan fingerprint density at radius 3 is 4.25 bits per heavy atom. The van der Waals surface area contributed by atoms with Gasteiger partial charge in [-0.3, -0.25) is 0 Å². The fraction of sp³-hybridized carbons (Fsp3) is 1.00. The lowest BCUT2D eigenvalue weighted by Crippen LogP contribution is -1.67. The van der Waals surface area contributed by atoms with Gasteiger partial charge in [-0.25, -0.2) is 0 Å². The van der Waals surface area contributed by atoms with Crippen molar-refractivity contribution in [1.82, 2.24) is 0 Å². The molecular formula is CH7B2P. The van der Waals surface area contributed by atoms with Crippen LogP contribution in [0.4, 0.5) is 0 Å². The van der Waals surface area contributed by atoms with Crippen LogP contribution < -0.4 is 0 Å². The zero-order chi connectivity index (χ0) is 7.65. The predicted molar refractivity (Wildman–Crippen MR) is 30.2 cm³/mol. The second kappa shape index (κ2) is 3.56. The predicted octanol–water partition coefficient (Wildman–Crippen LogP) is -0.778. The van der Waals surface area contributed by atoms with Crippen molar-refractivity contribution < 1.29 is 2.74 Å². The zero-order valence-corrected chi connectivity index (χ0v) is 3.42. The Bertz CT molecular complexity index is 89.4. The SMILES string of the molecule is [2H]B(P([2H])[3H])C([3H])([3H])B. The highest BCUT2D eigenvalue weighted by atomic mass is 31.0. The van der Waals surface area contributed by atoms with Gasteiger partial charge >= 0.3 is 0 Å². The minimum atomic E-state index is -1.96. The molecule has 0 aromatic carbocycles. The van der Waals surface area contributed by atoms with Crippen LogP contribution >= 0.6 is 9.01 Å². The van der Waals surface area contributed by atoms with Crippen LogP contribution in [0.1, 0.15) is 2.74 Å². The van der Waals surface area contributed by atoms with Crippen molar-refractivity contribution in [1.29, 1.82) is 3.89 Å². The highest BCUT2D eigenvalue weighted by Crippen LogP contribution is 1.73. The number of rotatable bonds is 2. The van der Waals surface area contributed by atoms with Crippen LogP contribution in [0, 0.1) is 0 Å². The summed E-state index contributed by atoms with van der Waals surface area (Å²) in [6.07, 6.45) is -1.70. The third kappa shape index (κ3) is 2.56. The van der Waals surface area contributed by atoms with E-state index in [1.165, 1.54) is 7.85 Å². The summed E-state index contributed by atoms with van der Waals surface area (Å²) < 4.78 is 34.3. The van der Waals surface area contributed by atoms with E-state index < -0.39 is 22.1 Å². The maximum Gasteiger partial charge on any atom is 0.137 e. The molecule has 0 bridgehead atoms. The topological polar surface area (TPSA) is 0 Å². The van der Waals surface area contributed by atoms with E-state index in [9.17, 15) is 0 Å². The Balaban J connectivity index is 3.88. The fourth-order valence-corrected chi connectivity index (χ4v) is 0. The Kier molecular flexibility index (Phi) is 0.702. The summed E-state index contributed by atoms with van der Waals surface area (Å²) in [5.74, 6) is 0. The van der Waals surface area contributed by atoms with Gasteiger partial charge in [0.1, 0.15) is 6.96 Å². The quantitative estimate of drug-likeness (QED) is 0.301. The minimum absolute atomic E-state index is 1.20. The maximum absolute atomic E-state index is 6.96. The van der Waals surface area contributed by atoms with Gasteiger partial charge in [0.15, 0.2) is 0 Å². The Morgan fingerprint density at radius 2 is 4.25 bits per heavy atom. The van der Waals surface area contributed by atoms with Crippen molar-refractivity contribution >= 4 is 23.8 Å².